The van der Waals surface area contributed by atoms with Gasteiger partial charge in [-0.15, -0.1) is 11.3 Å². The summed E-state index contributed by atoms with van der Waals surface area (Å²) in [5.74, 6) is 0. The van der Waals surface area contributed by atoms with E-state index in [9.17, 15) is 4.79 Å². The number of para-hydroxylation sites is 1. The fourth-order valence-corrected chi connectivity index (χ4v) is 2.20. The second-order valence-electron chi connectivity index (χ2n) is 2.77. The van der Waals surface area contributed by atoms with Gasteiger partial charge in [0.25, 0.3) is 0 Å². The lowest BCUT2D eigenvalue weighted by Crippen LogP contribution is -1.82. The zero-order valence-electron chi connectivity index (χ0n) is 7.28. The van der Waals surface area contributed by atoms with Crippen LogP contribution in [0.4, 0.5) is 0 Å². The Morgan fingerprint density at radius 3 is 3.08 bits per heavy atom. The monoisotopic (exact) mass is 191 g/mol. The SMILES string of the molecule is CCc1nc2c(C=O)cccc2s1. The second-order valence-corrected chi connectivity index (χ2v) is 3.89. The van der Waals surface area contributed by atoms with Gasteiger partial charge in [0.15, 0.2) is 6.29 Å². The predicted molar refractivity (Wildman–Crippen MR) is 54.4 cm³/mol. The van der Waals surface area contributed by atoms with E-state index in [-0.39, 0.29) is 0 Å². The highest BCUT2D eigenvalue weighted by atomic mass is 32.1. The van der Waals surface area contributed by atoms with Crippen LogP contribution in [0.5, 0.6) is 0 Å². The van der Waals surface area contributed by atoms with Crippen molar-refractivity contribution in [3.8, 4) is 0 Å². The van der Waals surface area contributed by atoms with Crippen LogP contribution in [0.2, 0.25) is 0 Å². The summed E-state index contributed by atoms with van der Waals surface area (Å²) in [6.45, 7) is 2.07. The molecule has 0 fully saturated rings. The van der Waals surface area contributed by atoms with Crippen molar-refractivity contribution >= 4 is 27.8 Å². The van der Waals surface area contributed by atoms with Crippen molar-refractivity contribution in [1.82, 2.24) is 4.98 Å². The number of hydrogen-bond donors (Lipinski definition) is 0. The zero-order valence-corrected chi connectivity index (χ0v) is 8.10. The number of nitrogens with zero attached hydrogens (tertiary/aromatic N) is 1. The maximum Gasteiger partial charge on any atom is 0.152 e. The van der Waals surface area contributed by atoms with Crippen molar-refractivity contribution in [2.45, 2.75) is 13.3 Å². The second kappa shape index (κ2) is 3.26. The fourth-order valence-electron chi connectivity index (χ4n) is 1.26. The number of aryl methyl sites for hydroxylation is 1. The average Bonchev–Trinajstić information content (AvgIpc) is 2.59. The molecule has 13 heavy (non-hydrogen) atoms. The molecular weight excluding hydrogens is 182 g/mol. The van der Waals surface area contributed by atoms with E-state index in [0.717, 1.165) is 27.9 Å². The summed E-state index contributed by atoms with van der Waals surface area (Å²) in [5.41, 5.74) is 1.54. The highest BCUT2D eigenvalue weighted by molar-refractivity contribution is 7.18. The molecule has 1 aromatic heterocycles. The summed E-state index contributed by atoms with van der Waals surface area (Å²) in [7, 11) is 0. The largest absolute Gasteiger partial charge is 0.298 e. The molecule has 2 aromatic rings. The molecular formula is C10H9NOS. The van der Waals surface area contributed by atoms with Gasteiger partial charge in [-0.3, -0.25) is 4.79 Å². The van der Waals surface area contributed by atoms with E-state index in [0.29, 0.717) is 5.56 Å². The third-order valence-electron chi connectivity index (χ3n) is 1.92. The maximum absolute atomic E-state index is 10.7. The molecule has 2 rings (SSSR count). The number of hydrogen-bond acceptors (Lipinski definition) is 3. The highest BCUT2D eigenvalue weighted by Crippen LogP contribution is 2.24. The number of benzene rings is 1. The van der Waals surface area contributed by atoms with E-state index in [1.807, 2.05) is 12.1 Å². The first-order valence-electron chi connectivity index (χ1n) is 4.18. The van der Waals surface area contributed by atoms with Crippen molar-refractivity contribution in [2.24, 2.45) is 0 Å². The van der Waals surface area contributed by atoms with E-state index < -0.39 is 0 Å². The van der Waals surface area contributed by atoms with Gasteiger partial charge in [0.05, 0.1) is 15.2 Å². The molecule has 0 unspecified atom stereocenters. The number of carbonyl (C=O) groups excluding carboxylic acids is 1. The minimum Gasteiger partial charge on any atom is -0.298 e. The lowest BCUT2D eigenvalue weighted by molar-refractivity contribution is 0.112. The predicted octanol–water partition coefficient (Wildman–Crippen LogP) is 2.67. The summed E-state index contributed by atoms with van der Waals surface area (Å²) >= 11 is 1.66. The molecule has 1 heterocycles. The third kappa shape index (κ3) is 1.35. The number of fused-ring (bicyclic) bond motifs is 1. The molecule has 3 heteroatoms. The Morgan fingerprint density at radius 2 is 2.38 bits per heavy atom. The van der Waals surface area contributed by atoms with E-state index >= 15 is 0 Å². The third-order valence-corrected chi connectivity index (χ3v) is 3.09. The molecule has 0 radical (unpaired) electrons. The molecule has 0 amide bonds. The molecule has 2 nitrogen and oxygen atoms in total. The highest BCUT2D eigenvalue weighted by Gasteiger charge is 2.05. The van der Waals surface area contributed by atoms with Crippen LogP contribution in [0.3, 0.4) is 0 Å². The quantitative estimate of drug-likeness (QED) is 0.683. The maximum atomic E-state index is 10.7. The van der Waals surface area contributed by atoms with E-state index in [4.69, 9.17) is 0 Å². The first kappa shape index (κ1) is 8.38. The van der Waals surface area contributed by atoms with Gasteiger partial charge in [-0.1, -0.05) is 13.0 Å². The van der Waals surface area contributed by atoms with E-state index in [1.165, 1.54) is 0 Å². The van der Waals surface area contributed by atoms with Crippen LogP contribution in [0.25, 0.3) is 10.2 Å². The standard InChI is InChI=1S/C10H9NOS/c1-2-9-11-10-7(6-12)4-3-5-8(10)13-9/h3-6H,2H2,1H3. The van der Waals surface area contributed by atoms with Crippen LogP contribution >= 0.6 is 11.3 Å². The lowest BCUT2D eigenvalue weighted by atomic mass is 10.2. The molecule has 0 aliphatic carbocycles. The summed E-state index contributed by atoms with van der Waals surface area (Å²) in [6, 6.07) is 5.69. The van der Waals surface area contributed by atoms with Crippen molar-refractivity contribution in [3.63, 3.8) is 0 Å². The van der Waals surface area contributed by atoms with Gasteiger partial charge in [-0.05, 0) is 18.6 Å². The molecule has 0 N–H and O–H groups in total. The lowest BCUT2D eigenvalue weighted by Gasteiger charge is -1.89. The van der Waals surface area contributed by atoms with Gasteiger partial charge in [0.2, 0.25) is 0 Å². The normalized spacial score (nSPS) is 10.5. The van der Waals surface area contributed by atoms with Gasteiger partial charge in [0.1, 0.15) is 0 Å². The summed E-state index contributed by atoms with van der Waals surface area (Å²) < 4.78 is 1.10. The van der Waals surface area contributed by atoms with Gasteiger partial charge in [-0.25, -0.2) is 4.98 Å². The topological polar surface area (TPSA) is 30.0 Å². The van der Waals surface area contributed by atoms with Crippen LogP contribution in [0.15, 0.2) is 18.2 Å². The first-order valence-corrected chi connectivity index (χ1v) is 5.00. The molecule has 0 aliphatic rings. The number of aldehydes is 1. The number of thiazole rings is 1. The minimum atomic E-state index is 0.688. The Morgan fingerprint density at radius 1 is 1.54 bits per heavy atom. The minimum absolute atomic E-state index is 0.688. The Kier molecular flexibility index (Phi) is 2.10. The van der Waals surface area contributed by atoms with Gasteiger partial charge < -0.3 is 0 Å². The van der Waals surface area contributed by atoms with Crippen LogP contribution in [-0.2, 0) is 6.42 Å². The summed E-state index contributed by atoms with van der Waals surface area (Å²) in [4.78, 5) is 15.1. The van der Waals surface area contributed by atoms with Crippen LogP contribution in [-0.4, -0.2) is 11.3 Å². The Hall–Kier alpha value is -1.22. The molecule has 0 saturated carbocycles. The molecule has 0 saturated heterocycles. The Labute approximate surface area is 80.2 Å². The smallest absolute Gasteiger partial charge is 0.152 e. The van der Waals surface area contributed by atoms with Crippen molar-refractivity contribution in [1.29, 1.82) is 0 Å². The van der Waals surface area contributed by atoms with E-state index in [1.54, 1.807) is 17.4 Å². The Bertz CT molecular complexity index is 447. The summed E-state index contributed by atoms with van der Waals surface area (Å²) in [5, 5.41) is 1.09. The van der Waals surface area contributed by atoms with Gasteiger partial charge >= 0.3 is 0 Å². The first-order chi connectivity index (χ1) is 6.35. The molecule has 1 aromatic carbocycles. The molecule has 0 spiro atoms. The van der Waals surface area contributed by atoms with Crippen LogP contribution in [0.1, 0.15) is 22.3 Å². The summed E-state index contributed by atoms with van der Waals surface area (Å²) in [6.07, 6.45) is 1.79. The van der Waals surface area contributed by atoms with Crippen molar-refractivity contribution in [3.05, 3.63) is 28.8 Å². The van der Waals surface area contributed by atoms with Gasteiger partial charge in [0, 0.05) is 5.56 Å². The molecule has 0 atom stereocenters. The Balaban J connectivity index is 2.74. The van der Waals surface area contributed by atoms with Crippen LogP contribution in [0, 0.1) is 0 Å². The van der Waals surface area contributed by atoms with Crippen molar-refractivity contribution in [2.75, 3.05) is 0 Å². The van der Waals surface area contributed by atoms with E-state index in [2.05, 4.69) is 11.9 Å². The molecule has 66 valence electrons. The number of carbonyl (C=O) groups is 1. The van der Waals surface area contributed by atoms with Gasteiger partial charge in [-0.2, -0.15) is 0 Å². The molecule has 0 aliphatic heterocycles. The van der Waals surface area contributed by atoms with Crippen molar-refractivity contribution < 1.29 is 4.79 Å². The zero-order chi connectivity index (χ0) is 9.26. The molecule has 0 bridgehead atoms. The number of rotatable bonds is 2. The average molecular weight is 191 g/mol. The number of aromatic nitrogens is 1. The van der Waals surface area contributed by atoms with Crippen LogP contribution < -0.4 is 0 Å². The fraction of sp³-hybridized carbons (Fsp3) is 0.200.